The van der Waals surface area contributed by atoms with E-state index >= 15 is 0 Å². The summed E-state index contributed by atoms with van der Waals surface area (Å²) in [6.07, 6.45) is 0.428. The van der Waals surface area contributed by atoms with Crippen LogP contribution in [0.5, 0.6) is 0 Å². The fourth-order valence-electron chi connectivity index (χ4n) is 1.91. The number of nitrogens with one attached hydrogen (secondary N) is 1. The molecule has 1 aliphatic heterocycles. The number of amides is 1. The van der Waals surface area contributed by atoms with Crippen molar-refractivity contribution in [2.75, 3.05) is 20.1 Å². The van der Waals surface area contributed by atoms with E-state index in [4.69, 9.17) is 4.74 Å². The summed E-state index contributed by atoms with van der Waals surface area (Å²) >= 11 is 0. The predicted molar refractivity (Wildman–Crippen MR) is 55.1 cm³/mol. The fraction of sp³-hybridized carbons (Fsp3) is 0.900. The van der Waals surface area contributed by atoms with Crippen molar-refractivity contribution in [1.82, 2.24) is 10.2 Å². The molecule has 82 valence electrons. The zero-order valence-electron chi connectivity index (χ0n) is 9.41. The molecule has 0 saturated carbocycles. The van der Waals surface area contributed by atoms with E-state index in [1.807, 2.05) is 20.8 Å². The molecule has 0 aromatic carbocycles. The predicted octanol–water partition coefficient (Wildman–Crippen LogP) is 0.230. The summed E-state index contributed by atoms with van der Waals surface area (Å²) in [5, 5.41) is 2.67. The maximum atomic E-state index is 11.4. The van der Waals surface area contributed by atoms with Gasteiger partial charge in [-0.25, -0.2) is 0 Å². The average Bonchev–Trinajstić information content (AvgIpc) is 2.14. The molecule has 4 heteroatoms. The summed E-state index contributed by atoms with van der Waals surface area (Å²) < 4.78 is 5.61. The smallest absolute Gasteiger partial charge is 0.236 e. The minimum Gasteiger partial charge on any atom is -0.373 e. The standard InChI is InChI=1S/C10H20N2O2/c1-7-5-12(6-8(2)14-7)9(3)10(13)11-4/h7-9H,5-6H2,1-4H3,(H,11,13)/t7-,8-,9-/m0/s1. The SMILES string of the molecule is CNC(=O)[C@H](C)N1C[C@H](C)O[C@@H](C)C1. The highest BCUT2D eigenvalue weighted by Gasteiger charge is 2.28. The van der Waals surface area contributed by atoms with Gasteiger partial charge in [-0.15, -0.1) is 0 Å². The van der Waals surface area contributed by atoms with Gasteiger partial charge >= 0.3 is 0 Å². The molecule has 0 bridgehead atoms. The molecule has 0 spiro atoms. The van der Waals surface area contributed by atoms with E-state index in [2.05, 4.69) is 10.2 Å². The number of hydrogen-bond acceptors (Lipinski definition) is 3. The summed E-state index contributed by atoms with van der Waals surface area (Å²) in [5.41, 5.74) is 0. The second-order valence-corrected chi connectivity index (χ2v) is 4.00. The number of carbonyl (C=O) groups excluding carboxylic acids is 1. The van der Waals surface area contributed by atoms with Crippen molar-refractivity contribution in [1.29, 1.82) is 0 Å². The normalized spacial score (nSPS) is 31.1. The molecule has 1 N–H and O–H groups in total. The van der Waals surface area contributed by atoms with Crippen LogP contribution in [0.2, 0.25) is 0 Å². The number of carbonyl (C=O) groups is 1. The number of morpholine rings is 1. The van der Waals surface area contributed by atoms with Crippen molar-refractivity contribution in [3.05, 3.63) is 0 Å². The maximum Gasteiger partial charge on any atom is 0.236 e. The summed E-state index contributed by atoms with van der Waals surface area (Å²) in [4.78, 5) is 13.6. The average molecular weight is 200 g/mol. The Balaban J connectivity index is 2.54. The first kappa shape index (κ1) is 11.5. The Labute approximate surface area is 85.6 Å². The summed E-state index contributed by atoms with van der Waals surface area (Å²) in [6.45, 7) is 7.68. The van der Waals surface area contributed by atoms with Gasteiger partial charge in [0.15, 0.2) is 0 Å². The van der Waals surface area contributed by atoms with E-state index in [9.17, 15) is 4.79 Å². The Morgan fingerprint density at radius 2 is 1.93 bits per heavy atom. The zero-order valence-corrected chi connectivity index (χ0v) is 9.41. The third kappa shape index (κ3) is 2.69. The molecule has 4 nitrogen and oxygen atoms in total. The van der Waals surface area contributed by atoms with Crippen LogP contribution < -0.4 is 5.32 Å². The number of hydrogen-bond donors (Lipinski definition) is 1. The topological polar surface area (TPSA) is 41.6 Å². The van der Waals surface area contributed by atoms with Crippen LogP contribution in [0.4, 0.5) is 0 Å². The lowest BCUT2D eigenvalue weighted by atomic mass is 10.1. The van der Waals surface area contributed by atoms with Gasteiger partial charge in [-0.3, -0.25) is 9.69 Å². The highest BCUT2D eigenvalue weighted by Crippen LogP contribution is 2.13. The minimum atomic E-state index is -0.0613. The van der Waals surface area contributed by atoms with Gasteiger partial charge in [0.1, 0.15) is 0 Å². The van der Waals surface area contributed by atoms with Gasteiger partial charge in [0.05, 0.1) is 18.2 Å². The van der Waals surface area contributed by atoms with Crippen LogP contribution >= 0.6 is 0 Å². The van der Waals surface area contributed by atoms with E-state index in [1.165, 1.54) is 0 Å². The van der Waals surface area contributed by atoms with Crippen LogP contribution in [0.1, 0.15) is 20.8 Å². The molecule has 0 aliphatic carbocycles. The molecule has 14 heavy (non-hydrogen) atoms. The second kappa shape index (κ2) is 4.75. The van der Waals surface area contributed by atoms with Crippen molar-refractivity contribution in [3.63, 3.8) is 0 Å². The van der Waals surface area contributed by atoms with E-state index in [0.29, 0.717) is 0 Å². The first-order valence-electron chi connectivity index (χ1n) is 5.15. The molecule has 1 fully saturated rings. The molecule has 0 unspecified atom stereocenters. The first-order valence-corrected chi connectivity index (χ1v) is 5.15. The molecule has 1 aliphatic rings. The number of ether oxygens (including phenoxy) is 1. The van der Waals surface area contributed by atoms with Crippen LogP contribution in [0.3, 0.4) is 0 Å². The second-order valence-electron chi connectivity index (χ2n) is 4.00. The largest absolute Gasteiger partial charge is 0.373 e. The van der Waals surface area contributed by atoms with Crippen molar-refractivity contribution in [2.24, 2.45) is 0 Å². The fourth-order valence-corrected chi connectivity index (χ4v) is 1.91. The summed E-state index contributed by atoms with van der Waals surface area (Å²) in [7, 11) is 1.67. The Bertz CT molecular complexity index is 198. The van der Waals surface area contributed by atoms with Crippen molar-refractivity contribution < 1.29 is 9.53 Å². The molecule has 0 radical (unpaired) electrons. The van der Waals surface area contributed by atoms with Crippen LogP contribution in [0.25, 0.3) is 0 Å². The van der Waals surface area contributed by atoms with E-state index in [-0.39, 0.29) is 24.2 Å². The van der Waals surface area contributed by atoms with E-state index in [0.717, 1.165) is 13.1 Å². The van der Waals surface area contributed by atoms with Crippen molar-refractivity contribution in [2.45, 2.75) is 39.0 Å². The number of likely N-dealkylation sites (N-methyl/N-ethyl adjacent to an activating group) is 1. The summed E-state index contributed by atoms with van der Waals surface area (Å²) in [5.74, 6) is 0.0753. The van der Waals surface area contributed by atoms with Crippen LogP contribution in [-0.2, 0) is 9.53 Å². The minimum absolute atomic E-state index is 0.0613. The van der Waals surface area contributed by atoms with Crippen LogP contribution in [0, 0.1) is 0 Å². The molecular weight excluding hydrogens is 180 g/mol. The van der Waals surface area contributed by atoms with Crippen LogP contribution in [-0.4, -0.2) is 49.2 Å². The monoisotopic (exact) mass is 200 g/mol. The third-order valence-electron chi connectivity index (χ3n) is 2.62. The molecular formula is C10H20N2O2. The van der Waals surface area contributed by atoms with E-state index < -0.39 is 0 Å². The lowest BCUT2D eigenvalue weighted by Gasteiger charge is -2.38. The van der Waals surface area contributed by atoms with Gasteiger partial charge in [-0.05, 0) is 20.8 Å². The van der Waals surface area contributed by atoms with Gasteiger partial charge < -0.3 is 10.1 Å². The van der Waals surface area contributed by atoms with Crippen molar-refractivity contribution in [3.8, 4) is 0 Å². The van der Waals surface area contributed by atoms with Crippen molar-refractivity contribution >= 4 is 5.91 Å². The molecule has 0 aromatic rings. The van der Waals surface area contributed by atoms with Gasteiger partial charge in [0.2, 0.25) is 5.91 Å². The molecule has 1 amide bonds. The maximum absolute atomic E-state index is 11.4. The van der Waals surface area contributed by atoms with E-state index in [1.54, 1.807) is 7.05 Å². The highest BCUT2D eigenvalue weighted by molar-refractivity contribution is 5.80. The number of rotatable bonds is 2. The quantitative estimate of drug-likeness (QED) is 0.694. The van der Waals surface area contributed by atoms with Gasteiger partial charge in [-0.1, -0.05) is 0 Å². The molecule has 3 atom stereocenters. The zero-order chi connectivity index (χ0) is 10.7. The lowest BCUT2D eigenvalue weighted by molar-refractivity contribution is -0.131. The number of nitrogens with zero attached hydrogens (tertiary/aromatic N) is 1. The Kier molecular flexibility index (Phi) is 3.89. The molecule has 1 rings (SSSR count). The summed E-state index contributed by atoms with van der Waals surface area (Å²) in [6, 6.07) is -0.0613. The Morgan fingerprint density at radius 3 is 2.36 bits per heavy atom. The molecule has 0 aromatic heterocycles. The Hall–Kier alpha value is -0.610. The van der Waals surface area contributed by atoms with Gasteiger partial charge in [-0.2, -0.15) is 0 Å². The molecule has 1 heterocycles. The molecule has 1 saturated heterocycles. The first-order chi connectivity index (χ1) is 6.54. The lowest BCUT2D eigenvalue weighted by Crippen LogP contribution is -2.53. The van der Waals surface area contributed by atoms with Gasteiger partial charge in [0, 0.05) is 20.1 Å². The Morgan fingerprint density at radius 1 is 1.43 bits per heavy atom. The van der Waals surface area contributed by atoms with Crippen LogP contribution in [0.15, 0.2) is 0 Å². The third-order valence-corrected chi connectivity index (χ3v) is 2.62. The van der Waals surface area contributed by atoms with Gasteiger partial charge in [0.25, 0.3) is 0 Å². The highest BCUT2D eigenvalue weighted by atomic mass is 16.5.